The van der Waals surface area contributed by atoms with Crippen LogP contribution >= 0.6 is 15.9 Å². The number of halogens is 1. The highest BCUT2D eigenvalue weighted by atomic mass is 79.9. The van der Waals surface area contributed by atoms with Gasteiger partial charge in [0.05, 0.1) is 11.3 Å². The molecular formula is C20H16BrN5O2. The molecule has 1 heterocycles. The van der Waals surface area contributed by atoms with E-state index in [1.54, 1.807) is 66.9 Å². The predicted octanol–water partition coefficient (Wildman–Crippen LogP) is 3.63. The molecule has 2 amide bonds. The van der Waals surface area contributed by atoms with Gasteiger partial charge in [-0.3, -0.25) is 15.0 Å². The number of pyridine rings is 1. The number of anilines is 2. The molecule has 1 aromatic heterocycles. The first-order chi connectivity index (χ1) is 13.4. The molecule has 0 unspecified atom stereocenters. The summed E-state index contributed by atoms with van der Waals surface area (Å²) in [7, 11) is 0. The Hall–Kier alpha value is -3.52. The lowest BCUT2D eigenvalue weighted by Gasteiger charge is -2.11. The van der Waals surface area contributed by atoms with Crippen LogP contribution in [-0.2, 0) is 0 Å². The highest BCUT2D eigenvalue weighted by Crippen LogP contribution is 2.19. The van der Waals surface area contributed by atoms with Crippen molar-refractivity contribution in [3.8, 4) is 0 Å². The molecule has 0 radical (unpaired) electrons. The molecule has 0 bridgehead atoms. The number of para-hydroxylation sites is 1. The molecule has 8 heteroatoms. The highest BCUT2D eigenvalue weighted by molar-refractivity contribution is 9.10. The Balaban J connectivity index is 1.77. The van der Waals surface area contributed by atoms with Gasteiger partial charge in [0.15, 0.2) is 0 Å². The van der Waals surface area contributed by atoms with Gasteiger partial charge in [-0.2, -0.15) is 0 Å². The van der Waals surface area contributed by atoms with Crippen molar-refractivity contribution in [3.63, 3.8) is 0 Å². The molecule has 0 aliphatic carbocycles. The lowest BCUT2D eigenvalue weighted by molar-refractivity contribution is 0.102. The molecule has 0 fully saturated rings. The van der Waals surface area contributed by atoms with Crippen molar-refractivity contribution in [1.29, 1.82) is 5.41 Å². The Bertz CT molecular complexity index is 1030. The maximum absolute atomic E-state index is 12.6. The number of aromatic nitrogens is 1. The second kappa shape index (κ2) is 8.45. The molecule has 0 aliphatic rings. The Kier molecular flexibility index (Phi) is 5.81. The number of carbonyl (C=O) groups excluding carboxylic acids is 2. The third-order valence-electron chi connectivity index (χ3n) is 3.85. The number of nitrogens with two attached hydrogens (primary N) is 1. The average Bonchev–Trinajstić information content (AvgIpc) is 2.70. The monoisotopic (exact) mass is 437 g/mol. The molecule has 0 spiro atoms. The summed E-state index contributed by atoms with van der Waals surface area (Å²) in [5.41, 5.74) is 7.01. The number of amidine groups is 1. The summed E-state index contributed by atoms with van der Waals surface area (Å²) in [6.07, 6.45) is 1.58. The SMILES string of the molecule is N=C(N)c1ccc(C(=O)Nc2ccccc2C(=O)Nc2ccc(Br)cn2)cc1. The summed E-state index contributed by atoms with van der Waals surface area (Å²) in [6, 6.07) is 16.4. The van der Waals surface area contributed by atoms with Gasteiger partial charge in [-0.05, 0) is 52.3 Å². The topological polar surface area (TPSA) is 121 Å². The first kappa shape index (κ1) is 19.2. The standard InChI is InChI=1S/C20H16BrN5O2/c21-14-9-10-17(24-11-14)26-20(28)15-3-1-2-4-16(15)25-19(27)13-7-5-12(6-8-13)18(22)23/h1-11H,(H3,22,23)(H,25,27)(H,24,26,28). The van der Waals surface area contributed by atoms with Crippen LogP contribution in [0.3, 0.4) is 0 Å². The van der Waals surface area contributed by atoms with E-state index in [1.165, 1.54) is 0 Å². The number of rotatable bonds is 5. The fourth-order valence-electron chi connectivity index (χ4n) is 2.42. The Morgan fingerprint density at radius 1 is 0.893 bits per heavy atom. The molecule has 0 saturated heterocycles. The maximum Gasteiger partial charge on any atom is 0.258 e. The molecule has 0 atom stereocenters. The van der Waals surface area contributed by atoms with E-state index in [0.29, 0.717) is 28.2 Å². The minimum Gasteiger partial charge on any atom is -0.384 e. The molecule has 0 aliphatic heterocycles. The molecular weight excluding hydrogens is 422 g/mol. The van der Waals surface area contributed by atoms with Gasteiger partial charge in [-0.15, -0.1) is 0 Å². The van der Waals surface area contributed by atoms with E-state index in [-0.39, 0.29) is 11.7 Å². The van der Waals surface area contributed by atoms with Crippen molar-refractivity contribution >= 4 is 45.1 Å². The van der Waals surface area contributed by atoms with Crippen LogP contribution in [0, 0.1) is 5.41 Å². The number of amides is 2. The smallest absolute Gasteiger partial charge is 0.258 e. The van der Waals surface area contributed by atoms with E-state index < -0.39 is 5.91 Å². The second-order valence-corrected chi connectivity index (χ2v) is 6.72. The molecule has 3 aromatic rings. The first-order valence-electron chi connectivity index (χ1n) is 8.22. The molecule has 2 aromatic carbocycles. The number of nitrogens with one attached hydrogen (secondary N) is 3. The van der Waals surface area contributed by atoms with Gasteiger partial charge in [0.25, 0.3) is 11.8 Å². The summed E-state index contributed by atoms with van der Waals surface area (Å²) >= 11 is 3.29. The van der Waals surface area contributed by atoms with Crippen LogP contribution in [0.2, 0.25) is 0 Å². The fraction of sp³-hybridized carbons (Fsp3) is 0. The van der Waals surface area contributed by atoms with Gasteiger partial charge >= 0.3 is 0 Å². The van der Waals surface area contributed by atoms with Crippen LogP contribution in [0.5, 0.6) is 0 Å². The lowest BCUT2D eigenvalue weighted by atomic mass is 10.1. The van der Waals surface area contributed by atoms with E-state index in [0.717, 1.165) is 4.47 Å². The van der Waals surface area contributed by atoms with E-state index >= 15 is 0 Å². The normalized spacial score (nSPS) is 10.2. The van der Waals surface area contributed by atoms with Crippen LogP contribution < -0.4 is 16.4 Å². The van der Waals surface area contributed by atoms with Crippen molar-refractivity contribution in [2.24, 2.45) is 5.73 Å². The lowest BCUT2D eigenvalue weighted by Crippen LogP contribution is -2.19. The third kappa shape index (κ3) is 4.60. The zero-order valence-electron chi connectivity index (χ0n) is 14.6. The second-order valence-electron chi connectivity index (χ2n) is 5.81. The van der Waals surface area contributed by atoms with Gasteiger partial charge in [0.1, 0.15) is 11.7 Å². The van der Waals surface area contributed by atoms with Crippen LogP contribution in [0.4, 0.5) is 11.5 Å². The number of hydrogen-bond donors (Lipinski definition) is 4. The maximum atomic E-state index is 12.6. The summed E-state index contributed by atoms with van der Waals surface area (Å²) in [6.45, 7) is 0. The van der Waals surface area contributed by atoms with E-state index in [2.05, 4.69) is 31.5 Å². The van der Waals surface area contributed by atoms with Crippen molar-refractivity contribution in [3.05, 3.63) is 88.0 Å². The molecule has 3 rings (SSSR count). The minimum absolute atomic E-state index is 0.0736. The Morgan fingerprint density at radius 3 is 2.21 bits per heavy atom. The summed E-state index contributed by atoms with van der Waals surface area (Å²) in [5.74, 6) is -0.445. The summed E-state index contributed by atoms with van der Waals surface area (Å²) in [4.78, 5) is 29.2. The predicted molar refractivity (Wildman–Crippen MR) is 112 cm³/mol. The number of carbonyl (C=O) groups is 2. The minimum atomic E-state index is -0.391. The van der Waals surface area contributed by atoms with Crippen LogP contribution in [-0.4, -0.2) is 22.6 Å². The van der Waals surface area contributed by atoms with Crippen molar-refractivity contribution in [2.75, 3.05) is 10.6 Å². The molecule has 28 heavy (non-hydrogen) atoms. The number of benzene rings is 2. The van der Waals surface area contributed by atoms with Gasteiger partial charge in [0.2, 0.25) is 0 Å². The fourth-order valence-corrected chi connectivity index (χ4v) is 2.65. The van der Waals surface area contributed by atoms with E-state index in [1.807, 2.05) is 0 Å². The van der Waals surface area contributed by atoms with E-state index in [4.69, 9.17) is 11.1 Å². The zero-order chi connectivity index (χ0) is 20.1. The molecule has 7 nitrogen and oxygen atoms in total. The van der Waals surface area contributed by atoms with Crippen LogP contribution in [0.1, 0.15) is 26.3 Å². The Morgan fingerprint density at radius 2 is 1.57 bits per heavy atom. The number of nitrogen functional groups attached to an aromatic ring is 1. The first-order valence-corrected chi connectivity index (χ1v) is 9.01. The Labute approximate surface area is 169 Å². The molecule has 0 saturated carbocycles. The van der Waals surface area contributed by atoms with Gasteiger partial charge in [0, 0.05) is 21.8 Å². The van der Waals surface area contributed by atoms with Crippen molar-refractivity contribution < 1.29 is 9.59 Å². The van der Waals surface area contributed by atoms with Crippen molar-refractivity contribution in [2.45, 2.75) is 0 Å². The van der Waals surface area contributed by atoms with E-state index in [9.17, 15) is 9.59 Å². The van der Waals surface area contributed by atoms with Gasteiger partial charge in [-0.25, -0.2) is 4.98 Å². The summed E-state index contributed by atoms with van der Waals surface area (Å²) in [5, 5.41) is 12.8. The zero-order valence-corrected chi connectivity index (χ0v) is 16.2. The number of nitrogens with zero attached hydrogens (tertiary/aromatic N) is 1. The van der Waals surface area contributed by atoms with Crippen LogP contribution in [0.25, 0.3) is 0 Å². The quantitative estimate of drug-likeness (QED) is 0.359. The van der Waals surface area contributed by atoms with Crippen molar-refractivity contribution in [1.82, 2.24) is 4.98 Å². The largest absolute Gasteiger partial charge is 0.384 e. The average molecular weight is 438 g/mol. The van der Waals surface area contributed by atoms with Crippen LogP contribution in [0.15, 0.2) is 71.3 Å². The number of hydrogen-bond acceptors (Lipinski definition) is 4. The highest BCUT2D eigenvalue weighted by Gasteiger charge is 2.15. The molecule has 5 N–H and O–H groups in total. The third-order valence-corrected chi connectivity index (χ3v) is 4.32. The summed E-state index contributed by atoms with van der Waals surface area (Å²) < 4.78 is 0.800. The molecule has 140 valence electrons. The van der Waals surface area contributed by atoms with Gasteiger partial charge in [-0.1, -0.05) is 24.3 Å². The van der Waals surface area contributed by atoms with Gasteiger partial charge < -0.3 is 16.4 Å².